The zero-order valence-electron chi connectivity index (χ0n) is 11.7. The lowest BCUT2D eigenvalue weighted by atomic mass is 10.1. The maximum Gasteiger partial charge on any atom is 0.0388 e. The number of nitrogens with two attached hydrogens (primary N) is 1. The van der Waals surface area contributed by atoms with Crippen LogP contribution in [0.5, 0.6) is 0 Å². The summed E-state index contributed by atoms with van der Waals surface area (Å²) in [5, 5.41) is 1.38. The van der Waals surface area contributed by atoms with Gasteiger partial charge in [0.2, 0.25) is 0 Å². The van der Waals surface area contributed by atoms with Crippen molar-refractivity contribution in [1.29, 1.82) is 0 Å². The summed E-state index contributed by atoms with van der Waals surface area (Å²) in [6, 6.07) is 4.93. The molecule has 108 valence electrons. The number of thioether (sulfide) groups is 2. The van der Waals surface area contributed by atoms with E-state index in [0.29, 0.717) is 11.3 Å². The lowest BCUT2D eigenvalue weighted by molar-refractivity contribution is 0.493. The Balaban J connectivity index is 2.01. The maximum absolute atomic E-state index is 5.84. The Morgan fingerprint density at radius 3 is 2.63 bits per heavy atom. The molecule has 1 saturated heterocycles. The largest absolute Gasteiger partial charge is 0.271 e. The molecule has 0 saturated carbocycles. The van der Waals surface area contributed by atoms with Gasteiger partial charge in [-0.2, -0.15) is 23.5 Å². The minimum atomic E-state index is 0.395. The van der Waals surface area contributed by atoms with Crippen LogP contribution in [0.1, 0.15) is 30.0 Å². The molecule has 1 aromatic rings. The van der Waals surface area contributed by atoms with Crippen LogP contribution in [-0.4, -0.2) is 28.0 Å². The highest BCUT2D eigenvalue weighted by Gasteiger charge is 2.31. The van der Waals surface area contributed by atoms with Crippen molar-refractivity contribution in [2.75, 3.05) is 11.5 Å². The summed E-state index contributed by atoms with van der Waals surface area (Å²) in [6.45, 7) is 4.51. The first-order valence-corrected chi connectivity index (χ1v) is 9.96. The van der Waals surface area contributed by atoms with Crippen LogP contribution < -0.4 is 11.3 Å². The van der Waals surface area contributed by atoms with Crippen LogP contribution in [0, 0.1) is 0 Å². The highest BCUT2D eigenvalue weighted by Crippen LogP contribution is 2.36. The van der Waals surface area contributed by atoms with Gasteiger partial charge < -0.3 is 0 Å². The molecule has 2 heterocycles. The second-order valence-electron chi connectivity index (χ2n) is 4.85. The summed E-state index contributed by atoms with van der Waals surface area (Å²) in [5.41, 5.74) is 3.08. The molecule has 0 aromatic carbocycles. The van der Waals surface area contributed by atoms with Crippen molar-refractivity contribution < 1.29 is 0 Å². The van der Waals surface area contributed by atoms with Crippen molar-refractivity contribution in [3.63, 3.8) is 0 Å². The highest BCUT2D eigenvalue weighted by molar-refractivity contribution is 8.07. The van der Waals surface area contributed by atoms with Crippen molar-refractivity contribution in [1.82, 2.24) is 5.43 Å². The third-order valence-corrected chi connectivity index (χ3v) is 8.25. The molecule has 1 aliphatic heterocycles. The molecule has 0 amide bonds. The molecule has 3 atom stereocenters. The summed E-state index contributed by atoms with van der Waals surface area (Å²) in [4.78, 5) is 2.94. The van der Waals surface area contributed by atoms with E-state index in [1.54, 1.807) is 0 Å². The number of thiophene rings is 1. The molecule has 0 spiro atoms. The number of nitrogens with one attached hydrogen (secondary N) is 1. The van der Waals surface area contributed by atoms with Crippen molar-refractivity contribution in [2.24, 2.45) is 5.84 Å². The molecule has 19 heavy (non-hydrogen) atoms. The van der Waals surface area contributed by atoms with E-state index in [-0.39, 0.29) is 0 Å². The number of aryl methyl sites for hydroxylation is 1. The summed E-state index contributed by atoms with van der Waals surface area (Å²) >= 11 is 6.16. The lowest BCUT2D eigenvalue weighted by Gasteiger charge is -2.35. The molecule has 2 rings (SSSR count). The molecule has 1 fully saturated rings. The van der Waals surface area contributed by atoms with Gasteiger partial charge in [-0.15, -0.1) is 11.3 Å². The normalized spacial score (nSPS) is 25.4. The number of rotatable bonds is 6. The first-order chi connectivity index (χ1) is 9.28. The minimum absolute atomic E-state index is 0.395. The van der Waals surface area contributed by atoms with Crippen LogP contribution in [0.2, 0.25) is 0 Å². The SMILES string of the molecule is CCc1ccc(CC(NN)C2SCCSC2CC)s1. The van der Waals surface area contributed by atoms with Gasteiger partial charge in [-0.3, -0.25) is 11.3 Å². The van der Waals surface area contributed by atoms with Crippen LogP contribution in [-0.2, 0) is 12.8 Å². The quantitative estimate of drug-likeness (QED) is 0.624. The monoisotopic (exact) mass is 316 g/mol. The van der Waals surface area contributed by atoms with Gasteiger partial charge >= 0.3 is 0 Å². The second kappa shape index (κ2) is 7.93. The van der Waals surface area contributed by atoms with Crippen LogP contribution in [0.4, 0.5) is 0 Å². The van der Waals surface area contributed by atoms with Gasteiger partial charge in [0.1, 0.15) is 0 Å². The van der Waals surface area contributed by atoms with E-state index < -0.39 is 0 Å². The standard InChI is InChI=1S/C14H24N2S3/c1-3-10-5-6-11(19-10)9-12(16-15)14-13(4-2)17-7-8-18-14/h5-6,12-14,16H,3-4,7-9,15H2,1-2H3. The highest BCUT2D eigenvalue weighted by atomic mass is 32.2. The summed E-state index contributed by atoms with van der Waals surface area (Å²) in [5.74, 6) is 8.39. The fourth-order valence-corrected chi connectivity index (χ4v) is 6.78. The van der Waals surface area contributed by atoms with Gasteiger partial charge in [0.05, 0.1) is 0 Å². The molecule has 0 radical (unpaired) electrons. The Kier molecular flexibility index (Phi) is 6.56. The maximum atomic E-state index is 5.84. The molecular weight excluding hydrogens is 292 g/mol. The lowest BCUT2D eigenvalue weighted by Crippen LogP contribution is -2.49. The molecule has 3 unspecified atom stereocenters. The topological polar surface area (TPSA) is 38.0 Å². The Morgan fingerprint density at radius 1 is 1.26 bits per heavy atom. The average molecular weight is 317 g/mol. The van der Waals surface area contributed by atoms with Gasteiger partial charge in [-0.25, -0.2) is 0 Å². The summed E-state index contributed by atoms with van der Waals surface area (Å²) in [7, 11) is 0. The van der Waals surface area contributed by atoms with Gasteiger partial charge in [-0.05, 0) is 31.4 Å². The average Bonchev–Trinajstić information content (AvgIpc) is 2.92. The predicted octanol–water partition coefficient (Wildman–Crippen LogP) is 3.31. The summed E-state index contributed by atoms with van der Waals surface area (Å²) in [6.07, 6.45) is 3.44. The molecule has 1 aliphatic rings. The zero-order chi connectivity index (χ0) is 13.7. The van der Waals surface area contributed by atoms with Gasteiger partial charge in [0, 0.05) is 37.8 Å². The molecule has 1 aromatic heterocycles. The predicted molar refractivity (Wildman–Crippen MR) is 91.3 cm³/mol. The summed E-state index contributed by atoms with van der Waals surface area (Å²) < 4.78 is 0. The Hall–Kier alpha value is 0.320. The van der Waals surface area contributed by atoms with E-state index in [1.807, 2.05) is 11.3 Å². The first kappa shape index (κ1) is 15.7. The second-order valence-corrected chi connectivity index (χ2v) is 8.74. The van der Waals surface area contributed by atoms with Crippen molar-refractivity contribution >= 4 is 34.9 Å². The Labute approximate surface area is 129 Å². The van der Waals surface area contributed by atoms with Crippen LogP contribution in [0.15, 0.2) is 12.1 Å². The van der Waals surface area contributed by atoms with E-state index in [9.17, 15) is 0 Å². The first-order valence-electron chi connectivity index (χ1n) is 7.05. The molecule has 3 N–H and O–H groups in total. The zero-order valence-corrected chi connectivity index (χ0v) is 14.2. The van der Waals surface area contributed by atoms with Crippen molar-refractivity contribution in [3.8, 4) is 0 Å². The van der Waals surface area contributed by atoms with E-state index >= 15 is 0 Å². The van der Waals surface area contributed by atoms with Gasteiger partial charge in [-0.1, -0.05) is 13.8 Å². The molecule has 2 nitrogen and oxygen atoms in total. The number of hydrazine groups is 1. The molecular formula is C14H24N2S3. The minimum Gasteiger partial charge on any atom is -0.271 e. The van der Waals surface area contributed by atoms with Gasteiger partial charge in [0.15, 0.2) is 0 Å². The van der Waals surface area contributed by atoms with E-state index in [0.717, 1.165) is 18.1 Å². The van der Waals surface area contributed by atoms with Crippen molar-refractivity contribution in [2.45, 2.75) is 49.7 Å². The van der Waals surface area contributed by atoms with Crippen molar-refractivity contribution in [3.05, 3.63) is 21.9 Å². The van der Waals surface area contributed by atoms with E-state index in [4.69, 9.17) is 5.84 Å². The Morgan fingerprint density at radius 2 is 2.00 bits per heavy atom. The molecule has 5 heteroatoms. The number of hydrogen-bond acceptors (Lipinski definition) is 5. The van der Waals surface area contributed by atoms with Crippen LogP contribution >= 0.6 is 34.9 Å². The Bertz CT molecular complexity index is 381. The third-order valence-electron chi connectivity index (χ3n) is 3.59. The number of hydrogen-bond donors (Lipinski definition) is 2. The van der Waals surface area contributed by atoms with Crippen LogP contribution in [0.3, 0.4) is 0 Å². The molecule has 0 bridgehead atoms. The third kappa shape index (κ3) is 4.14. The van der Waals surface area contributed by atoms with Gasteiger partial charge in [0.25, 0.3) is 0 Å². The van der Waals surface area contributed by atoms with Crippen LogP contribution in [0.25, 0.3) is 0 Å². The fraction of sp³-hybridized carbons (Fsp3) is 0.714. The van der Waals surface area contributed by atoms with E-state index in [1.165, 1.54) is 27.7 Å². The fourth-order valence-electron chi connectivity index (χ4n) is 2.52. The van der Waals surface area contributed by atoms with E-state index in [2.05, 4.69) is 54.9 Å². The molecule has 0 aliphatic carbocycles. The smallest absolute Gasteiger partial charge is 0.0388 e.